The fourth-order valence-electron chi connectivity index (χ4n) is 3.52. The zero-order valence-electron chi connectivity index (χ0n) is 14.5. The van der Waals surface area contributed by atoms with Gasteiger partial charge in [-0.25, -0.2) is 4.79 Å². The molecule has 0 aliphatic heterocycles. The lowest BCUT2D eigenvalue weighted by atomic mass is 10.0. The fourth-order valence-corrected chi connectivity index (χ4v) is 3.52. The Balaban J connectivity index is 2.01. The molecule has 128 valence electrons. The van der Waals surface area contributed by atoms with Gasteiger partial charge in [-0.15, -0.1) is 0 Å². The second-order valence-corrected chi connectivity index (χ2v) is 6.14. The molecule has 0 amide bonds. The number of ether oxygens (including phenoxy) is 1. The van der Waals surface area contributed by atoms with Crippen molar-refractivity contribution in [1.29, 1.82) is 0 Å². The summed E-state index contributed by atoms with van der Waals surface area (Å²) in [5.74, 6) is -0.603. The van der Waals surface area contributed by atoms with Gasteiger partial charge in [0.1, 0.15) is 0 Å². The van der Waals surface area contributed by atoms with E-state index in [4.69, 9.17) is 4.74 Å². The highest BCUT2D eigenvalue weighted by Crippen LogP contribution is 2.29. The number of rotatable bonds is 2. The minimum atomic E-state index is -0.442. The number of carbonyl (C=O) groups is 2. The van der Waals surface area contributed by atoms with Crippen LogP contribution in [0.2, 0.25) is 0 Å². The highest BCUT2D eigenvalue weighted by atomic mass is 16.5. The van der Waals surface area contributed by atoms with Crippen LogP contribution >= 0.6 is 0 Å². The number of esters is 1. The Bertz CT molecular complexity index is 1170. The van der Waals surface area contributed by atoms with E-state index in [-0.39, 0.29) is 5.91 Å². The summed E-state index contributed by atoms with van der Waals surface area (Å²) in [6.07, 6.45) is 0. The van der Waals surface area contributed by atoms with Crippen molar-refractivity contribution in [3.8, 4) is 0 Å². The van der Waals surface area contributed by atoms with Crippen LogP contribution in [0.4, 0.5) is 0 Å². The molecule has 4 rings (SSSR count). The molecule has 0 aliphatic carbocycles. The molecule has 4 nitrogen and oxygen atoms in total. The zero-order valence-corrected chi connectivity index (χ0v) is 14.5. The maximum Gasteiger partial charge on any atom is 0.340 e. The van der Waals surface area contributed by atoms with Crippen molar-refractivity contribution in [3.05, 3.63) is 83.6 Å². The summed E-state index contributed by atoms with van der Waals surface area (Å²) in [5.41, 5.74) is 2.30. The van der Waals surface area contributed by atoms with E-state index in [1.54, 1.807) is 11.5 Å². The minimum Gasteiger partial charge on any atom is -0.465 e. The highest BCUT2D eigenvalue weighted by Gasteiger charge is 2.24. The van der Waals surface area contributed by atoms with Crippen molar-refractivity contribution in [2.24, 2.45) is 0 Å². The van der Waals surface area contributed by atoms with Crippen LogP contribution in [-0.2, 0) is 4.74 Å². The number of aromatic nitrogens is 1. The highest BCUT2D eigenvalue weighted by molar-refractivity contribution is 6.15. The minimum absolute atomic E-state index is 0.161. The predicted octanol–water partition coefficient (Wildman–Crippen LogP) is 4.58. The molecule has 1 heterocycles. The van der Waals surface area contributed by atoms with Crippen molar-refractivity contribution >= 4 is 33.6 Å². The maximum atomic E-state index is 13.4. The molecular formula is C22H17NO3. The van der Waals surface area contributed by atoms with Crippen LogP contribution in [0.3, 0.4) is 0 Å². The molecule has 26 heavy (non-hydrogen) atoms. The molecule has 0 atom stereocenters. The summed E-state index contributed by atoms with van der Waals surface area (Å²) >= 11 is 0. The van der Waals surface area contributed by atoms with E-state index < -0.39 is 5.97 Å². The summed E-state index contributed by atoms with van der Waals surface area (Å²) < 4.78 is 6.53. The van der Waals surface area contributed by atoms with Crippen molar-refractivity contribution in [3.63, 3.8) is 0 Å². The van der Waals surface area contributed by atoms with Gasteiger partial charge in [-0.2, -0.15) is 0 Å². The van der Waals surface area contributed by atoms with Gasteiger partial charge in [0, 0.05) is 16.6 Å². The van der Waals surface area contributed by atoms with Gasteiger partial charge in [-0.3, -0.25) is 9.36 Å². The van der Waals surface area contributed by atoms with E-state index in [1.807, 2.05) is 66.7 Å². The van der Waals surface area contributed by atoms with Gasteiger partial charge in [0.15, 0.2) is 0 Å². The summed E-state index contributed by atoms with van der Waals surface area (Å²) in [4.78, 5) is 25.7. The van der Waals surface area contributed by atoms with E-state index in [0.29, 0.717) is 27.7 Å². The smallest absolute Gasteiger partial charge is 0.340 e. The molecule has 0 spiro atoms. The second kappa shape index (κ2) is 6.15. The number of fused-ring (bicyclic) bond motifs is 2. The Kier molecular flexibility index (Phi) is 3.81. The van der Waals surface area contributed by atoms with Crippen LogP contribution in [0.25, 0.3) is 21.7 Å². The first kappa shape index (κ1) is 16.1. The van der Waals surface area contributed by atoms with Gasteiger partial charge in [-0.1, -0.05) is 54.6 Å². The molecule has 1 aromatic heterocycles. The van der Waals surface area contributed by atoms with E-state index in [0.717, 1.165) is 10.8 Å². The van der Waals surface area contributed by atoms with E-state index >= 15 is 0 Å². The summed E-state index contributed by atoms with van der Waals surface area (Å²) in [6, 6.07) is 20.8. The Hall–Kier alpha value is -3.40. The van der Waals surface area contributed by atoms with Crippen LogP contribution in [-0.4, -0.2) is 23.6 Å². The fraction of sp³-hybridized carbons (Fsp3) is 0.0909. The van der Waals surface area contributed by atoms with Gasteiger partial charge in [0.25, 0.3) is 5.91 Å². The van der Waals surface area contributed by atoms with Crippen LogP contribution in [0, 0.1) is 6.92 Å². The molecule has 0 unspecified atom stereocenters. The van der Waals surface area contributed by atoms with E-state index in [9.17, 15) is 9.59 Å². The first-order valence-electron chi connectivity index (χ1n) is 8.34. The summed E-state index contributed by atoms with van der Waals surface area (Å²) in [6.45, 7) is 1.77. The first-order valence-corrected chi connectivity index (χ1v) is 8.34. The summed E-state index contributed by atoms with van der Waals surface area (Å²) in [7, 11) is 1.35. The molecule has 4 aromatic rings. The van der Waals surface area contributed by atoms with E-state index in [1.165, 1.54) is 7.11 Å². The van der Waals surface area contributed by atoms with Crippen LogP contribution < -0.4 is 0 Å². The van der Waals surface area contributed by atoms with Gasteiger partial charge in [0.05, 0.1) is 18.2 Å². The molecule has 3 aromatic carbocycles. The Labute approximate surface area is 150 Å². The normalized spacial score (nSPS) is 11.0. The third-order valence-electron chi connectivity index (χ3n) is 4.72. The van der Waals surface area contributed by atoms with Crippen molar-refractivity contribution in [2.45, 2.75) is 6.92 Å². The van der Waals surface area contributed by atoms with Gasteiger partial charge in [-0.05, 0) is 29.8 Å². The standard InChI is InChI=1S/C22H17NO3/c1-14-20(22(25)26-2)18-11-5-6-13-19(18)23(14)21(24)17-12-7-9-15-8-3-4-10-16(15)17/h3-13H,1-2H3. The maximum absolute atomic E-state index is 13.4. The topological polar surface area (TPSA) is 48.3 Å². The van der Waals surface area contributed by atoms with Gasteiger partial charge < -0.3 is 4.74 Å². The number of methoxy groups -OCH3 is 1. The van der Waals surface area contributed by atoms with Crippen molar-refractivity contribution in [1.82, 2.24) is 4.57 Å². The first-order chi connectivity index (χ1) is 12.6. The van der Waals surface area contributed by atoms with Crippen LogP contribution in [0.15, 0.2) is 66.7 Å². The van der Waals surface area contributed by atoms with Gasteiger partial charge in [0.2, 0.25) is 0 Å². The molecule has 0 aliphatic rings. The quantitative estimate of drug-likeness (QED) is 0.501. The number of benzene rings is 3. The Morgan fingerprint density at radius 2 is 1.50 bits per heavy atom. The van der Waals surface area contributed by atoms with Crippen LogP contribution in [0.1, 0.15) is 26.4 Å². The predicted molar refractivity (Wildman–Crippen MR) is 102 cm³/mol. The Morgan fingerprint density at radius 1 is 0.846 bits per heavy atom. The lowest BCUT2D eigenvalue weighted by Gasteiger charge is -2.10. The Morgan fingerprint density at radius 3 is 2.27 bits per heavy atom. The largest absolute Gasteiger partial charge is 0.465 e. The molecule has 4 heteroatoms. The number of para-hydroxylation sites is 1. The third-order valence-corrected chi connectivity index (χ3v) is 4.72. The number of nitrogens with zero attached hydrogens (tertiary/aromatic N) is 1. The SMILES string of the molecule is COC(=O)c1c(C)n(C(=O)c2cccc3ccccc23)c2ccccc12. The van der Waals surface area contributed by atoms with Crippen molar-refractivity contribution < 1.29 is 14.3 Å². The lowest BCUT2D eigenvalue weighted by molar-refractivity contribution is 0.0602. The number of carbonyl (C=O) groups excluding carboxylic acids is 2. The van der Waals surface area contributed by atoms with E-state index in [2.05, 4.69) is 0 Å². The molecule has 0 saturated heterocycles. The number of hydrogen-bond acceptors (Lipinski definition) is 3. The van der Waals surface area contributed by atoms with Crippen molar-refractivity contribution in [2.75, 3.05) is 7.11 Å². The molecule has 0 bridgehead atoms. The molecule has 0 N–H and O–H groups in total. The van der Waals surface area contributed by atoms with Gasteiger partial charge >= 0.3 is 5.97 Å². The third kappa shape index (κ3) is 2.30. The molecule has 0 radical (unpaired) electrons. The molecule has 0 saturated carbocycles. The summed E-state index contributed by atoms with van der Waals surface area (Å²) in [5, 5.41) is 2.60. The number of hydrogen-bond donors (Lipinski definition) is 0. The molecule has 0 fully saturated rings. The van der Waals surface area contributed by atoms with Crippen LogP contribution in [0.5, 0.6) is 0 Å². The monoisotopic (exact) mass is 343 g/mol. The second-order valence-electron chi connectivity index (χ2n) is 6.14. The lowest BCUT2D eigenvalue weighted by Crippen LogP contribution is -2.15. The zero-order chi connectivity index (χ0) is 18.3. The molecular weight excluding hydrogens is 326 g/mol. The average molecular weight is 343 g/mol. The average Bonchev–Trinajstić information content (AvgIpc) is 2.98.